The molecule has 1 amide bonds. The number of hydrogen-bond acceptors (Lipinski definition) is 8. The minimum absolute atomic E-state index is 0.0612. The highest BCUT2D eigenvalue weighted by Crippen LogP contribution is 2.32. The monoisotopic (exact) mass is 508 g/mol. The van der Waals surface area contributed by atoms with Crippen molar-refractivity contribution in [1.82, 2.24) is 40.0 Å². The highest BCUT2D eigenvalue weighted by molar-refractivity contribution is 5.95. The third-order valence-electron chi connectivity index (χ3n) is 7.63. The zero-order chi connectivity index (χ0) is 25.6. The summed E-state index contributed by atoms with van der Waals surface area (Å²) in [5.74, 6) is 0.808. The molecule has 38 heavy (non-hydrogen) atoms. The number of nitrogens with one attached hydrogen (secondary N) is 3. The number of aromatic amines is 2. The molecule has 0 bridgehead atoms. The van der Waals surface area contributed by atoms with Crippen molar-refractivity contribution in [3.8, 4) is 22.8 Å². The minimum Gasteiger partial charge on any atom is -0.366 e. The second-order valence-electron chi connectivity index (χ2n) is 10.2. The first-order chi connectivity index (χ1) is 18.6. The molecule has 1 aliphatic carbocycles. The van der Waals surface area contributed by atoms with Gasteiger partial charge in [0.2, 0.25) is 5.91 Å². The molecule has 0 atom stereocenters. The van der Waals surface area contributed by atoms with Crippen LogP contribution >= 0.6 is 0 Å². The summed E-state index contributed by atoms with van der Waals surface area (Å²) in [5.41, 5.74) is 7.16. The number of H-pyrrole nitrogens is 2. The van der Waals surface area contributed by atoms with Crippen molar-refractivity contribution in [1.29, 1.82) is 0 Å². The first-order valence-electron chi connectivity index (χ1n) is 13.0. The normalized spacial score (nSPS) is 16.7. The molecule has 5 aromatic heterocycles. The lowest BCUT2D eigenvalue weighted by Gasteiger charge is -2.33. The van der Waals surface area contributed by atoms with Crippen LogP contribution in [-0.2, 0) is 4.79 Å². The van der Waals surface area contributed by atoms with E-state index in [2.05, 4.69) is 47.3 Å². The number of imidazole rings is 1. The SMILES string of the molecule is CN1CCN(c2cncc3[nH]c(-c4n[nH]c5ccc(-c6cncc(NC(=O)C7CCC7)c6)nc45)nc23)CC1. The Balaban J connectivity index is 1.22. The van der Waals surface area contributed by atoms with Crippen molar-refractivity contribution < 1.29 is 4.79 Å². The van der Waals surface area contributed by atoms with Gasteiger partial charge in [-0.25, -0.2) is 9.97 Å². The van der Waals surface area contributed by atoms with Gasteiger partial charge in [-0.15, -0.1) is 0 Å². The van der Waals surface area contributed by atoms with Gasteiger partial charge in [0.05, 0.1) is 46.7 Å². The van der Waals surface area contributed by atoms with Crippen molar-refractivity contribution >= 4 is 39.3 Å². The summed E-state index contributed by atoms with van der Waals surface area (Å²) in [7, 11) is 2.14. The van der Waals surface area contributed by atoms with E-state index >= 15 is 0 Å². The summed E-state index contributed by atoms with van der Waals surface area (Å²) in [5, 5.41) is 10.6. The number of aromatic nitrogens is 7. The lowest BCUT2D eigenvalue weighted by Crippen LogP contribution is -2.44. The molecule has 0 aromatic carbocycles. The molecule has 1 aliphatic heterocycles. The van der Waals surface area contributed by atoms with E-state index in [0.29, 0.717) is 22.7 Å². The van der Waals surface area contributed by atoms with E-state index in [9.17, 15) is 4.79 Å². The average molecular weight is 509 g/mol. The molecule has 0 spiro atoms. The van der Waals surface area contributed by atoms with Crippen LogP contribution in [0.4, 0.5) is 11.4 Å². The molecule has 0 unspecified atom stereocenters. The Hall–Kier alpha value is -4.38. The van der Waals surface area contributed by atoms with Crippen LogP contribution in [0.1, 0.15) is 19.3 Å². The minimum atomic E-state index is 0.0612. The number of carbonyl (C=O) groups is 1. The number of carbonyl (C=O) groups excluding carboxylic acids is 1. The second-order valence-corrected chi connectivity index (χ2v) is 10.2. The Labute approximate surface area is 218 Å². The molecule has 6 heterocycles. The summed E-state index contributed by atoms with van der Waals surface area (Å²) < 4.78 is 0. The Morgan fingerprint density at radius 2 is 1.82 bits per heavy atom. The van der Waals surface area contributed by atoms with Crippen LogP contribution in [-0.4, -0.2) is 79.2 Å². The van der Waals surface area contributed by atoms with Gasteiger partial charge in [-0.2, -0.15) is 5.10 Å². The molecule has 2 aliphatic rings. The van der Waals surface area contributed by atoms with Crippen LogP contribution in [0.3, 0.4) is 0 Å². The molecule has 3 N–H and O–H groups in total. The van der Waals surface area contributed by atoms with Crippen LogP contribution < -0.4 is 10.2 Å². The number of nitrogens with zero attached hydrogens (tertiary/aromatic N) is 7. The number of hydrogen-bond donors (Lipinski definition) is 3. The van der Waals surface area contributed by atoms with E-state index in [4.69, 9.17) is 9.97 Å². The van der Waals surface area contributed by atoms with Crippen LogP contribution in [0.25, 0.3) is 44.8 Å². The largest absolute Gasteiger partial charge is 0.366 e. The molecule has 1 saturated carbocycles. The van der Waals surface area contributed by atoms with Crippen LogP contribution in [0.5, 0.6) is 0 Å². The van der Waals surface area contributed by atoms with E-state index in [1.54, 1.807) is 18.6 Å². The number of likely N-dealkylation sites (N-methyl/N-ethyl adjacent to an activating group) is 1. The maximum absolute atomic E-state index is 12.4. The van der Waals surface area contributed by atoms with Crippen LogP contribution in [0, 0.1) is 5.92 Å². The van der Waals surface area contributed by atoms with Gasteiger partial charge in [0.15, 0.2) is 11.5 Å². The van der Waals surface area contributed by atoms with Crippen LogP contribution in [0.15, 0.2) is 43.0 Å². The van der Waals surface area contributed by atoms with Crippen LogP contribution in [0.2, 0.25) is 0 Å². The van der Waals surface area contributed by atoms with E-state index in [1.807, 2.05) is 24.4 Å². The van der Waals surface area contributed by atoms with Crippen molar-refractivity contribution in [2.75, 3.05) is 43.4 Å². The van der Waals surface area contributed by atoms with E-state index in [0.717, 1.165) is 78.9 Å². The molecule has 5 aromatic rings. The smallest absolute Gasteiger partial charge is 0.227 e. The van der Waals surface area contributed by atoms with E-state index in [-0.39, 0.29) is 11.8 Å². The molecule has 11 heteroatoms. The van der Waals surface area contributed by atoms with E-state index in [1.165, 1.54) is 0 Å². The third-order valence-corrected chi connectivity index (χ3v) is 7.63. The lowest BCUT2D eigenvalue weighted by molar-refractivity contribution is -0.122. The molecular formula is C27H28N10O. The van der Waals surface area contributed by atoms with Crippen molar-refractivity contribution in [3.63, 3.8) is 0 Å². The van der Waals surface area contributed by atoms with Gasteiger partial charge >= 0.3 is 0 Å². The van der Waals surface area contributed by atoms with E-state index < -0.39 is 0 Å². The zero-order valence-electron chi connectivity index (χ0n) is 21.1. The van der Waals surface area contributed by atoms with Gasteiger partial charge in [-0.1, -0.05) is 6.42 Å². The van der Waals surface area contributed by atoms with Gasteiger partial charge in [0, 0.05) is 43.9 Å². The predicted octanol–water partition coefficient (Wildman–Crippen LogP) is 3.45. The summed E-state index contributed by atoms with van der Waals surface area (Å²) in [6, 6.07) is 5.78. The Bertz CT molecular complexity index is 1640. The zero-order valence-corrected chi connectivity index (χ0v) is 21.1. The number of rotatable bonds is 5. The van der Waals surface area contributed by atoms with Gasteiger partial charge in [-0.3, -0.25) is 19.9 Å². The van der Waals surface area contributed by atoms with Gasteiger partial charge in [0.1, 0.15) is 11.0 Å². The number of anilines is 2. The highest BCUT2D eigenvalue weighted by atomic mass is 16.1. The standard InChI is InChI=1S/C27H28N10O/c1-36-7-9-37(10-8-36)22-15-29-14-21-23(22)33-26(32-21)25-24-20(34-35-25)6-5-19(31-24)17-11-18(13-28-12-17)30-27(38)16-3-2-4-16/h5-6,11-16H,2-4,7-10H2,1H3,(H,30,38)(H,32,33)(H,34,35). The molecule has 7 rings (SSSR count). The molecule has 0 radical (unpaired) electrons. The average Bonchev–Trinajstić information content (AvgIpc) is 3.52. The maximum atomic E-state index is 12.4. The summed E-state index contributed by atoms with van der Waals surface area (Å²) in [6.07, 6.45) is 10.1. The third kappa shape index (κ3) is 4.04. The molecule has 11 nitrogen and oxygen atoms in total. The Kier molecular flexibility index (Phi) is 5.50. The fraction of sp³-hybridized carbons (Fsp3) is 0.333. The predicted molar refractivity (Wildman–Crippen MR) is 146 cm³/mol. The number of piperazine rings is 1. The molecular weight excluding hydrogens is 480 g/mol. The summed E-state index contributed by atoms with van der Waals surface area (Å²) in [4.78, 5) is 39.1. The van der Waals surface area contributed by atoms with Crippen molar-refractivity contribution in [3.05, 3.63) is 43.0 Å². The molecule has 1 saturated heterocycles. The second kappa shape index (κ2) is 9.18. The number of amides is 1. The van der Waals surface area contributed by atoms with Gasteiger partial charge in [0.25, 0.3) is 0 Å². The molecule has 2 fully saturated rings. The number of fused-ring (bicyclic) bond motifs is 2. The summed E-state index contributed by atoms with van der Waals surface area (Å²) in [6.45, 7) is 3.88. The lowest BCUT2D eigenvalue weighted by atomic mass is 9.85. The number of pyridine rings is 3. The highest BCUT2D eigenvalue weighted by Gasteiger charge is 2.25. The Morgan fingerprint density at radius 1 is 0.974 bits per heavy atom. The fourth-order valence-electron chi connectivity index (χ4n) is 5.10. The molecule has 192 valence electrons. The topological polar surface area (TPSA) is 132 Å². The first kappa shape index (κ1) is 22.8. The summed E-state index contributed by atoms with van der Waals surface area (Å²) >= 11 is 0. The fourth-order valence-corrected chi connectivity index (χ4v) is 5.10. The first-order valence-corrected chi connectivity index (χ1v) is 13.0. The Morgan fingerprint density at radius 3 is 2.63 bits per heavy atom. The van der Waals surface area contributed by atoms with Crippen molar-refractivity contribution in [2.45, 2.75) is 19.3 Å². The quantitative estimate of drug-likeness (QED) is 0.329. The maximum Gasteiger partial charge on any atom is 0.227 e. The van der Waals surface area contributed by atoms with Gasteiger partial charge < -0.3 is 20.1 Å². The van der Waals surface area contributed by atoms with Gasteiger partial charge in [-0.05, 0) is 38.1 Å². The van der Waals surface area contributed by atoms with Crippen molar-refractivity contribution in [2.24, 2.45) is 5.92 Å².